The van der Waals surface area contributed by atoms with Crippen molar-refractivity contribution in [1.82, 2.24) is 9.97 Å². The fourth-order valence-corrected chi connectivity index (χ4v) is 2.40. The molecule has 0 saturated heterocycles. The van der Waals surface area contributed by atoms with Crippen molar-refractivity contribution in [2.24, 2.45) is 0 Å². The SMILES string of the molecule is Nc1ccc(Sc2nc(N)cc(=O)[nH]2)c(C(F)(F)F)c1. The van der Waals surface area contributed by atoms with E-state index in [-0.39, 0.29) is 21.6 Å². The van der Waals surface area contributed by atoms with Gasteiger partial charge < -0.3 is 16.5 Å². The maximum atomic E-state index is 12.9. The van der Waals surface area contributed by atoms with Gasteiger partial charge in [-0.1, -0.05) is 11.8 Å². The molecule has 5 nitrogen and oxygen atoms in total. The number of nitrogen functional groups attached to an aromatic ring is 2. The van der Waals surface area contributed by atoms with Gasteiger partial charge in [0.1, 0.15) is 5.82 Å². The molecule has 0 aliphatic carbocycles. The van der Waals surface area contributed by atoms with Crippen LogP contribution in [-0.4, -0.2) is 9.97 Å². The zero-order valence-electron chi connectivity index (χ0n) is 9.86. The Morgan fingerprint density at radius 3 is 2.50 bits per heavy atom. The number of nitrogens with zero attached hydrogens (tertiary/aromatic N) is 1. The highest BCUT2D eigenvalue weighted by Gasteiger charge is 2.34. The second-order valence-electron chi connectivity index (χ2n) is 3.83. The molecule has 0 unspecified atom stereocenters. The van der Waals surface area contributed by atoms with Crippen LogP contribution in [0.25, 0.3) is 0 Å². The quantitative estimate of drug-likeness (QED) is 0.583. The lowest BCUT2D eigenvalue weighted by atomic mass is 10.2. The van der Waals surface area contributed by atoms with Crippen LogP contribution in [0.4, 0.5) is 24.7 Å². The summed E-state index contributed by atoms with van der Waals surface area (Å²) in [6.45, 7) is 0. The van der Waals surface area contributed by atoms with E-state index < -0.39 is 17.3 Å². The standard InChI is InChI=1S/C11H9F3N4OS/c12-11(13,14)6-3-5(15)1-2-7(6)20-10-17-8(16)4-9(19)18-10/h1-4H,15H2,(H3,16,17,18,19). The van der Waals surface area contributed by atoms with Gasteiger partial charge >= 0.3 is 6.18 Å². The summed E-state index contributed by atoms with van der Waals surface area (Å²) in [5, 5.41) is -0.0229. The van der Waals surface area contributed by atoms with Crippen LogP contribution < -0.4 is 17.0 Å². The molecule has 0 fully saturated rings. The van der Waals surface area contributed by atoms with E-state index in [2.05, 4.69) is 9.97 Å². The number of nitrogens with two attached hydrogens (primary N) is 2. The Balaban J connectivity index is 2.46. The number of alkyl halides is 3. The van der Waals surface area contributed by atoms with Gasteiger partial charge in [-0.25, -0.2) is 4.98 Å². The molecule has 0 aliphatic rings. The third-order valence-corrected chi connectivity index (χ3v) is 3.22. The molecular formula is C11H9F3N4OS. The van der Waals surface area contributed by atoms with Gasteiger partial charge in [0.15, 0.2) is 5.16 Å². The van der Waals surface area contributed by atoms with Crippen molar-refractivity contribution in [2.45, 2.75) is 16.2 Å². The Hall–Kier alpha value is -2.16. The van der Waals surface area contributed by atoms with Gasteiger partial charge in [0.25, 0.3) is 5.56 Å². The molecule has 0 atom stereocenters. The summed E-state index contributed by atoms with van der Waals surface area (Å²) in [5.74, 6) is -0.0692. The first-order valence-electron chi connectivity index (χ1n) is 5.27. The molecule has 0 aliphatic heterocycles. The normalized spacial score (nSPS) is 11.6. The largest absolute Gasteiger partial charge is 0.417 e. The first-order valence-corrected chi connectivity index (χ1v) is 6.09. The summed E-state index contributed by atoms with van der Waals surface area (Å²) in [5.41, 5.74) is 9.30. The molecule has 0 amide bonds. The number of H-pyrrole nitrogens is 1. The minimum absolute atomic E-state index is 0.00398. The lowest BCUT2D eigenvalue weighted by Crippen LogP contribution is -2.11. The van der Waals surface area contributed by atoms with Crippen LogP contribution in [-0.2, 0) is 6.18 Å². The lowest BCUT2D eigenvalue weighted by molar-refractivity contribution is -0.139. The molecule has 2 rings (SSSR count). The third kappa shape index (κ3) is 3.23. The van der Waals surface area contributed by atoms with Gasteiger partial charge in [0, 0.05) is 16.6 Å². The number of aromatic amines is 1. The highest BCUT2D eigenvalue weighted by molar-refractivity contribution is 7.99. The van der Waals surface area contributed by atoms with Crippen molar-refractivity contribution in [1.29, 1.82) is 0 Å². The average molecular weight is 302 g/mol. The van der Waals surface area contributed by atoms with E-state index in [1.54, 1.807) is 0 Å². The maximum Gasteiger partial charge on any atom is 0.417 e. The maximum absolute atomic E-state index is 12.9. The van der Waals surface area contributed by atoms with Gasteiger partial charge in [-0.15, -0.1) is 0 Å². The first-order chi connectivity index (χ1) is 9.25. The first kappa shape index (κ1) is 14.3. The lowest BCUT2D eigenvalue weighted by Gasteiger charge is -2.12. The van der Waals surface area contributed by atoms with Crippen LogP contribution in [0.1, 0.15) is 5.56 Å². The number of benzene rings is 1. The number of anilines is 2. The van der Waals surface area contributed by atoms with Crippen LogP contribution >= 0.6 is 11.8 Å². The zero-order valence-corrected chi connectivity index (χ0v) is 10.7. The smallest absolute Gasteiger partial charge is 0.399 e. The molecule has 2 aromatic rings. The summed E-state index contributed by atoms with van der Waals surface area (Å²) in [7, 11) is 0. The Kier molecular flexibility index (Phi) is 3.62. The Bertz CT molecular complexity index is 699. The van der Waals surface area contributed by atoms with Gasteiger partial charge in [-0.2, -0.15) is 13.2 Å². The number of halogens is 3. The van der Waals surface area contributed by atoms with Crippen molar-refractivity contribution in [3.63, 3.8) is 0 Å². The average Bonchev–Trinajstić information content (AvgIpc) is 2.28. The molecule has 0 bridgehead atoms. The molecule has 1 heterocycles. The highest BCUT2D eigenvalue weighted by Crippen LogP contribution is 2.39. The predicted molar refractivity (Wildman–Crippen MR) is 69.2 cm³/mol. The molecule has 106 valence electrons. The van der Waals surface area contributed by atoms with Crippen molar-refractivity contribution in [3.8, 4) is 0 Å². The predicted octanol–water partition coefficient (Wildman–Crippen LogP) is 2.10. The van der Waals surface area contributed by atoms with E-state index in [9.17, 15) is 18.0 Å². The Morgan fingerprint density at radius 2 is 1.90 bits per heavy atom. The van der Waals surface area contributed by atoms with Gasteiger partial charge in [0.2, 0.25) is 0 Å². The van der Waals surface area contributed by atoms with Gasteiger partial charge in [-0.05, 0) is 18.2 Å². The van der Waals surface area contributed by atoms with Crippen molar-refractivity contribution in [2.75, 3.05) is 11.5 Å². The number of rotatable bonds is 2. The van der Waals surface area contributed by atoms with Crippen molar-refractivity contribution < 1.29 is 13.2 Å². The summed E-state index contributed by atoms with van der Waals surface area (Å²) >= 11 is 0.656. The van der Waals surface area contributed by atoms with Crippen molar-refractivity contribution >= 4 is 23.3 Å². The van der Waals surface area contributed by atoms with Crippen LogP contribution in [0.15, 0.2) is 39.1 Å². The number of nitrogens with one attached hydrogen (secondary N) is 1. The molecule has 0 spiro atoms. The van der Waals surface area contributed by atoms with E-state index in [4.69, 9.17) is 11.5 Å². The van der Waals surface area contributed by atoms with Gasteiger partial charge in [0.05, 0.1) is 5.56 Å². The topological polar surface area (TPSA) is 97.8 Å². The van der Waals surface area contributed by atoms with E-state index in [1.165, 1.54) is 12.1 Å². The van der Waals surface area contributed by atoms with Crippen molar-refractivity contribution in [3.05, 3.63) is 40.2 Å². The fraction of sp³-hybridized carbons (Fsp3) is 0.0909. The number of hydrogen-bond acceptors (Lipinski definition) is 5. The molecule has 1 aromatic heterocycles. The Morgan fingerprint density at radius 1 is 1.20 bits per heavy atom. The molecule has 9 heteroatoms. The minimum Gasteiger partial charge on any atom is -0.399 e. The summed E-state index contributed by atoms with van der Waals surface area (Å²) in [6.07, 6.45) is -4.56. The van der Waals surface area contributed by atoms with Crippen LogP contribution in [0.2, 0.25) is 0 Å². The van der Waals surface area contributed by atoms with Crippen LogP contribution in [0, 0.1) is 0 Å². The zero-order chi connectivity index (χ0) is 14.9. The Labute approximate surface area is 115 Å². The molecule has 5 N–H and O–H groups in total. The van der Waals surface area contributed by atoms with E-state index in [1.807, 2.05) is 0 Å². The monoisotopic (exact) mass is 302 g/mol. The number of hydrogen-bond donors (Lipinski definition) is 3. The molecule has 0 radical (unpaired) electrons. The molecule has 20 heavy (non-hydrogen) atoms. The van der Waals surface area contributed by atoms with Crippen LogP contribution in [0.5, 0.6) is 0 Å². The second kappa shape index (κ2) is 5.08. The number of aromatic nitrogens is 2. The third-order valence-electron chi connectivity index (χ3n) is 2.26. The molecule has 0 saturated carbocycles. The molecule has 1 aromatic carbocycles. The second-order valence-corrected chi connectivity index (χ2v) is 4.86. The summed E-state index contributed by atoms with van der Waals surface area (Å²) < 4.78 is 38.7. The van der Waals surface area contributed by atoms with Gasteiger partial charge in [-0.3, -0.25) is 4.79 Å². The highest BCUT2D eigenvalue weighted by atomic mass is 32.2. The minimum atomic E-state index is -4.56. The van der Waals surface area contributed by atoms with E-state index in [0.717, 1.165) is 12.1 Å². The summed E-state index contributed by atoms with van der Waals surface area (Å²) in [6, 6.07) is 4.42. The summed E-state index contributed by atoms with van der Waals surface area (Å²) in [4.78, 5) is 17.2. The van der Waals surface area contributed by atoms with E-state index >= 15 is 0 Å². The molecular weight excluding hydrogens is 293 g/mol. The fourth-order valence-electron chi connectivity index (χ4n) is 1.46. The van der Waals surface area contributed by atoms with E-state index in [0.29, 0.717) is 11.8 Å². The van der Waals surface area contributed by atoms with Crippen LogP contribution in [0.3, 0.4) is 0 Å².